The molecule has 1 atom stereocenters. The Morgan fingerprint density at radius 2 is 1.82 bits per heavy atom. The van der Waals surface area contributed by atoms with Gasteiger partial charge in [-0.1, -0.05) is 6.92 Å². The smallest absolute Gasteiger partial charge is 0.307 e. The van der Waals surface area contributed by atoms with Gasteiger partial charge in [-0.3, -0.25) is 9.59 Å². The van der Waals surface area contributed by atoms with Gasteiger partial charge < -0.3 is 10.2 Å². The Balaban J connectivity index is 0. The Kier molecular flexibility index (Phi) is 6.99. The van der Waals surface area contributed by atoms with Crippen molar-refractivity contribution in [2.24, 2.45) is 5.92 Å². The molecule has 0 fully saturated rings. The number of rotatable bonds is 4. The fourth-order valence-corrected chi connectivity index (χ4v) is 0.617. The minimum Gasteiger partial charge on any atom is -0.481 e. The third-order valence-corrected chi connectivity index (χ3v) is 1.26. The molecule has 0 saturated carbocycles. The molecule has 0 amide bonds. The molecular weight excluding hydrogens is 172 g/mol. The fourth-order valence-electron chi connectivity index (χ4n) is 0.617. The van der Waals surface area contributed by atoms with Gasteiger partial charge in [-0.15, -0.1) is 12.4 Å². The van der Waals surface area contributed by atoms with Gasteiger partial charge >= 0.3 is 11.9 Å². The van der Waals surface area contributed by atoms with Crippen LogP contribution in [0, 0.1) is 5.92 Å². The van der Waals surface area contributed by atoms with Crippen molar-refractivity contribution in [2.45, 2.75) is 19.8 Å². The molecule has 0 aromatic rings. The van der Waals surface area contributed by atoms with E-state index in [1.54, 1.807) is 6.92 Å². The van der Waals surface area contributed by atoms with Crippen LogP contribution in [0.15, 0.2) is 0 Å². The molecule has 4 nitrogen and oxygen atoms in total. The monoisotopic (exact) mass is 182 g/mol. The second kappa shape index (κ2) is 5.97. The molecule has 0 spiro atoms. The van der Waals surface area contributed by atoms with Crippen LogP contribution in [0.4, 0.5) is 0 Å². The number of carboxylic acid groups (broad SMARTS) is 2. The predicted molar refractivity (Wildman–Crippen MR) is 40.9 cm³/mol. The van der Waals surface area contributed by atoms with E-state index in [-0.39, 0.29) is 18.8 Å². The maximum absolute atomic E-state index is 10.2. The van der Waals surface area contributed by atoms with Crippen LogP contribution < -0.4 is 0 Å². The molecule has 0 radical (unpaired) electrons. The van der Waals surface area contributed by atoms with Crippen LogP contribution in [-0.2, 0) is 9.59 Å². The molecule has 2 N–H and O–H groups in total. The maximum atomic E-state index is 10.2. The summed E-state index contributed by atoms with van der Waals surface area (Å²) >= 11 is 0. The first-order valence-corrected chi connectivity index (χ1v) is 3.02. The lowest BCUT2D eigenvalue weighted by Gasteiger charge is -2.03. The number of hydrogen-bond donors (Lipinski definition) is 2. The summed E-state index contributed by atoms with van der Waals surface area (Å²) in [5.74, 6) is -2.84. The van der Waals surface area contributed by atoms with Crippen LogP contribution in [0.2, 0.25) is 0 Å². The van der Waals surface area contributed by atoms with Crippen molar-refractivity contribution in [3.63, 3.8) is 0 Å². The molecule has 5 heteroatoms. The minimum absolute atomic E-state index is 0. The highest BCUT2D eigenvalue weighted by Crippen LogP contribution is 2.07. The van der Waals surface area contributed by atoms with Gasteiger partial charge in [0.2, 0.25) is 0 Å². The Morgan fingerprint density at radius 1 is 1.36 bits per heavy atom. The zero-order valence-electron chi connectivity index (χ0n) is 6.11. The van der Waals surface area contributed by atoms with Crippen molar-refractivity contribution in [2.75, 3.05) is 0 Å². The van der Waals surface area contributed by atoms with E-state index in [2.05, 4.69) is 0 Å². The van der Waals surface area contributed by atoms with Gasteiger partial charge in [-0.25, -0.2) is 0 Å². The molecule has 0 heterocycles. The van der Waals surface area contributed by atoms with Crippen LogP contribution >= 0.6 is 12.4 Å². The summed E-state index contributed by atoms with van der Waals surface area (Å²) in [6, 6.07) is 0. The summed E-state index contributed by atoms with van der Waals surface area (Å²) in [4.78, 5) is 20.2. The van der Waals surface area contributed by atoms with Crippen molar-refractivity contribution in [3.05, 3.63) is 0 Å². The summed E-state index contributed by atoms with van der Waals surface area (Å²) < 4.78 is 0. The Bertz CT molecular complexity index is 146. The molecule has 0 aromatic carbocycles. The summed E-state index contributed by atoms with van der Waals surface area (Å²) in [6.07, 6.45) is 0.0769. The van der Waals surface area contributed by atoms with Crippen molar-refractivity contribution in [1.29, 1.82) is 0 Å². The highest BCUT2D eigenvalue weighted by molar-refractivity contribution is 5.85. The summed E-state index contributed by atoms with van der Waals surface area (Å²) in [5, 5.41) is 16.6. The predicted octanol–water partition coefficient (Wildman–Crippen LogP) is 0.994. The second-order valence-corrected chi connectivity index (χ2v) is 2.04. The number of aliphatic carboxylic acids is 2. The molecule has 0 rings (SSSR count). The molecule has 0 aliphatic rings. The van der Waals surface area contributed by atoms with Gasteiger partial charge in [-0.05, 0) is 6.42 Å². The number of halogens is 1. The zero-order valence-corrected chi connectivity index (χ0v) is 6.93. The van der Waals surface area contributed by atoms with E-state index >= 15 is 0 Å². The largest absolute Gasteiger partial charge is 0.481 e. The van der Waals surface area contributed by atoms with Gasteiger partial charge in [0.1, 0.15) is 0 Å². The van der Waals surface area contributed by atoms with E-state index in [9.17, 15) is 9.59 Å². The third-order valence-electron chi connectivity index (χ3n) is 1.26. The Hall–Kier alpha value is -0.770. The summed E-state index contributed by atoms with van der Waals surface area (Å²) in [7, 11) is 0. The van der Waals surface area contributed by atoms with Gasteiger partial charge in [-0.2, -0.15) is 0 Å². The highest BCUT2D eigenvalue weighted by atomic mass is 35.5. The zero-order chi connectivity index (χ0) is 8.15. The standard InChI is InChI=1S/C6H10O4.ClH/c1-2-4(6(9)10)3-5(7)8;/h4H,2-3H2,1H3,(H,7,8)(H,9,10);1H. The SMILES string of the molecule is CCC(CC(=O)O)C(=O)O.Cl. The summed E-state index contributed by atoms with van der Waals surface area (Å²) in [5.41, 5.74) is 0. The van der Waals surface area contributed by atoms with Crippen LogP contribution in [0.25, 0.3) is 0 Å². The summed E-state index contributed by atoms with van der Waals surface area (Å²) in [6.45, 7) is 1.65. The minimum atomic E-state index is -1.06. The van der Waals surface area contributed by atoms with Crippen LogP contribution in [0.5, 0.6) is 0 Å². The second-order valence-electron chi connectivity index (χ2n) is 2.04. The normalized spacial score (nSPS) is 11.4. The lowest BCUT2D eigenvalue weighted by molar-refractivity contribution is -0.148. The maximum Gasteiger partial charge on any atom is 0.307 e. The van der Waals surface area contributed by atoms with Crippen molar-refractivity contribution in [1.82, 2.24) is 0 Å². The molecular formula is C6H11ClO4. The van der Waals surface area contributed by atoms with Gasteiger partial charge in [0, 0.05) is 0 Å². The quantitative estimate of drug-likeness (QED) is 0.680. The lowest BCUT2D eigenvalue weighted by Crippen LogP contribution is -2.16. The molecule has 0 aromatic heterocycles. The van der Waals surface area contributed by atoms with Gasteiger partial charge in [0.15, 0.2) is 0 Å². The molecule has 66 valence electrons. The third kappa shape index (κ3) is 5.66. The van der Waals surface area contributed by atoms with Crippen LogP contribution in [0.1, 0.15) is 19.8 Å². The Labute approximate surface area is 70.6 Å². The van der Waals surface area contributed by atoms with Gasteiger partial charge in [0.05, 0.1) is 12.3 Å². The highest BCUT2D eigenvalue weighted by Gasteiger charge is 2.17. The average Bonchev–Trinajstić information content (AvgIpc) is 1.81. The van der Waals surface area contributed by atoms with Crippen LogP contribution in [0.3, 0.4) is 0 Å². The first-order chi connectivity index (χ1) is 4.57. The molecule has 0 aliphatic heterocycles. The molecule has 11 heavy (non-hydrogen) atoms. The fraction of sp³-hybridized carbons (Fsp3) is 0.667. The van der Waals surface area contributed by atoms with E-state index in [0.29, 0.717) is 6.42 Å². The number of hydrogen-bond acceptors (Lipinski definition) is 2. The van der Waals surface area contributed by atoms with Crippen LogP contribution in [-0.4, -0.2) is 22.2 Å². The van der Waals surface area contributed by atoms with E-state index < -0.39 is 17.9 Å². The first-order valence-electron chi connectivity index (χ1n) is 3.02. The molecule has 1 unspecified atom stereocenters. The van der Waals surface area contributed by atoms with E-state index in [1.165, 1.54) is 0 Å². The van der Waals surface area contributed by atoms with Crippen molar-refractivity contribution < 1.29 is 19.8 Å². The van der Waals surface area contributed by atoms with Crippen molar-refractivity contribution >= 4 is 24.3 Å². The van der Waals surface area contributed by atoms with E-state index in [1.807, 2.05) is 0 Å². The van der Waals surface area contributed by atoms with Crippen molar-refractivity contribution in [3.8, 4) is 0 Å². The lowest BCUT2D eigenvalue weighted by atomic mass is 10.0. The number of carboxylic acids is 2. The molecule has 0 saturated heterocycles. The Morgan fingerprint density at radius 3 is 1.91 bits per heavy atom. The average molecular weight is 183 g/mol. The number of carbonyl (C=O) groups is 2. The molecule has 0 bridgehead atoms. The topological polar surface area (TPSA) is 74.6 Å². The first kappa shape index (κ1) is 12.9. The molecule has 0 aliphatic carbocycles. The van der Waals surface area contributed by atoms with Gasteiger partial charge in [0.25, 0.3) is 0 Å². The van der Waals surface area contributed by atoms with E-state index in [0.717, 1.165) is 0 Å². The van der Waals surface area contributed by atoms with E-state index in [4.69, 9.17) is 10.2 Å².